The molecule has 0 saturated carbocycles. The highest BCUT2D eigenvalue weighted by atomic mass is 16.1. The van der Waals surface area contributed by atoms with Crippen LogP contribution in [0.5, 0.6) is 0 Å². The number of carbonyl (C=O) groups is 1. The third kappa shape index (κ3) is 2.00. The summed E-state index contributed by atoms with van der Waals surface area (Å²) in [7, 11) is 0. The van der Waals surface area contributed by atoms with Crippen LogP contribution in [0.15, 0.2) is 12.1 Å². The van der Waals surface area contributed by atoms with Gasteiger partial charge < -0.3 is 0 Å². The molecule has 0 aliphatic heterocycles. The van der Waals surface area contributed by atoms with E-state index in [2.05, 4.69) is 0 Å². The van der Waals surface area contributed by atoms with Gasteiger partial charge in [-0.15, -0.1) is 0 Å². The maximum Gasteiger partial charge on any atom is 0.177 e. The minimum absolute atomic E-state index is 0.0370. The number of nitriles is 1. The van der Waals surface area contributed by atoms with Gasteiger partial charge in [0.15, 0.2) is 5.78 Å². The van der Waals surface area contributed by atoms with E-state index in [1.54, 1.807) is 0 Å². The number of rotatable bonds is 2. The Hall–Kier alpha value is -1.62. The number of hydrogen-bond acceptors (Lipinski definition) is 2. The molecule has 0 heterocycles. The molecule has 0 N–H and O–H groups in total. The van der Waals surface area contributed by atoms with Gasteiger partial charge in [-0.3, -0.25) is 4.79 Å². The van der Waals surface area contributed by atoms with Gasteiger partial charge in [0.25, 0.3) is 0 Å². The number of benzene rings is 1. The number of Topliss-reactive ketones (excluding diaryl/α,β-unsaturated/α-hetero) is 1. The van der Waals surface area contributed by atoms with E-state index in [9.17, 15) is 4.79 Å². The number of carbonyl (C=O) groups excluding carboxylic acids is 1. The molecule has 0 radical (unpaired) electrons. The molecule has 2 heteroatoms. The Bertz CT molecular complexity index is 390. The number of aryl methyl sites for hydroxylation is 3. The van der Waals surface area contributed by atoms with Crippen molar-refractivity contribution in [3.05, 3.63) is 34.4 Å². The second-order valence-corrected chi connectivity index (χ2v) is 3.53. The molecule has 0 bridgehead atoms. The van der Waals surface area contributed by atoms with Crippen molar-refractivity contribution in [1.82, 2.24) is 0 Å². The number of nitrogens with zero attached hydrogens (tertiary/aromatic N) is 1. The molecule has 0 fully saturated rings. The van der Waals surface area contributed by atoms with E-state index in [0.29, 0.717) is 5.56 Å². The third-order valence-electron chi connectivity index (χ3n) is 2.20. The average Bonchev–Trinajstić information content (AvgIpc) is 2.01. The van der Waals surface area contributed by atoms with Crippen LogP contribution in [0.25, 0.3) is 0 Å². The van der Waals surface area contributed by atoms with Crippen LogP contribution in [0, 0.1) is 32.1 Å². The first-order chi connectivity index (χ1) is 6.56. The van der Waals surface area contributed by atoms with Gasteiger partial charge in [0.05, 0.1) is 12.5 Å². The van der Waals surface area contributed by atoms with E-state index in [1.807, 2.05) is 39.0 Å². The normalized spacial score (nSPS) is 9.57. The molecule has 0 aliphatic carbocycles. The van der Waals surface area contributed by atoms with E-state index in [4.69, 9.17) is 5.26 Å². The minimum atomic E-state index is -0.0810. The topological polar surface area (TPSA) is 40.9 Å². The van der Waals surface area contributed by atoms with Crippen molar-refractivity contribution in [3.8, 4) is 6.07 Å². The van der Waals surface area contributed by atoms with Crippen molar-refractivity contribution in [3.63, 3.8) is 0 Å². The lowest BCUT2D eigenvalue weighted by Gasteiger charge is -2.08. The van der Waals surface area contributed by atoms with Crippen LogP contribution in [-0.4, -0.2) is 5.78 Å². The van der Waals surface area contributed by atoms with E-state index < -0.39 is 0 Å². The van der Waals surface area contributed by atoms with Gasteiger partial charge in [-0.1, -0.05) is 17.7 Å². The van der Waals surface area contributed by atoms with E-state index >= 15 is 0 Å². The summed E-state index contributed by atoms with van der Waals surface area (Å²) in [5, 5.41) is 8.46. The molecule has 2 nitrogen and oxygen atoms in total. The predicted molar refractivity (Wildman–Crippen MR) is 55.2 cm³/mol. The first kappa shape index (κ1) is 10.5. The van der Waals surface area contributed by atoms with Crippen LogP contribution in [0.2, 0.25) is 0 Å². The molecule has 1 aromatic carbocycles. The first-order valence-corrected chi connectivity index (χ1v) is 4.54. The van der Waals surface area contributed by atoms with Crippen molar-refractivity contribution in [2.24, 2.45) is 0 Å². The summed E-state index contributed by atoms with van der Waals surface area (Å²) >= 11 is 0. The summed E-state index contributed by atoms with van der Waals surface area (Å²) in [5.74, 6) is -0.0810. The quantitative estimate of drug-likeness (QED) is 0.668. The molecular weight excluding hydrogens is 174 g/mol. The van der Waals surface area contributed by atoms with Crippen molar-refractivity contribution in [2.45, 2.75) is 27.2 Å². The molecule has 0 aliphatic rings. The average molecular weight is 187 g/mol. The number of hydrogen-bond donors (Lipinski definition) is 0. The third-order valence-corrected chi connectivity index (χ3v) is 2.20. The minimum Gasteiger partial charge on any atom is -0.293 e. The van der Waals surface area contributed by atoms with Crippen LogP contribution >= 0.6 is 0 Å². The van der Waals surface area contributed by atoms with Crippen molar-refractivity contribution < 1.29 is 4.79 Å². The van der Waals surface area contributed by atoms with Gasteiger partial charge in [-0.05, 0) is 31.9 Å². The fourth-order valence-corrected chi connectivity index (χ4v) is 1.78. The first-order valence-electron chi connectivity index (χ1n) is 4.54. The Balaban J connectivity index is 3.22. The highest BCUT2D eigenvalue weighted by Crippen LogP contribution is 2.17. The van der Waals surface area contributed by atoms with Gasteiger partial charge >= 0.3 is 0 Å². The SMILES string of the molecule is Cc1cc(C)c(C(=O)CC#N)c(C)c1. The van der Waals surface area contributed by atoms with Gasteiger partial charge in [0.2, 0.25) is 0 Å². The van der Waals surface area contributed by atoms with Crippen molar-refractivity contribution in [1.29, 1.82) is 5.26 Å². The highest BCUT2D eigenvalue weighted by molar-refractivity contribution is 6.00. The predicted octanol–water partition coefficient (Wildman–Crippen LogP) is 2.71. The second-order valence-electron chi connectivity index (χ2n) is 3.53. The standard InChI is InChI=1S/C12H13NO/c1-8-6-9(2)12(10(3)7-8)11(14)4-5-13/h6-7H,4H2,1-3H3. The van der Waals surface area contributed by atoms with Crippen molar-refractivity contribution in [2.75, 3.05) is 0 Å². The monoisotopic (exact) mass is 187 g/mol. The zero-order chi connectivity index (χ0) is 10.7. The second kappa shape index (κ2) is 4.06. The van der Waals surface area contributed by atoms with E-state index in [1.165, 1.54) is 0 Å². The molecule has 0 aromatic heterocycles. The molecular formula is C12H13NO. The Kier molecular flexibility index (Phi) is 3.03. The largest absolute Gasteiger partial charge is 0.293 e. The Morgan fingerprint density at radius 2 is 1.79 bits per heavy atom. The molecule has 0 unspecified atom stereocenters. The number of ketones is 1. The Morgan fingerprint density at radius 3 is 2.21 bits per heavy atom. The van der Waals surface area contributed by atoms with Gasteiger partial charge in [-0.2, -0.15) is 5.26 Å². The lowest BCUT2D eigenvalue weighted by molar-refractivity contribution is 0.0996. The zero-order valence-electron chi connectivity index (χ0n) is 8.72. The lowest BCUT2D eigenvalue weighted by atomic mass is 9.95. The maximum absolute atomic E-state index is 11.6. The van der Waals surface area contributed by atoms with Crippen LogP contribution in [0.4, 0.5) is 0 Å². The summed E-state index contributed by atoms with van der Waals surface area (Å²) in [6.45, 7) is 5.81. The fourth-order valence-electron chi connectivity index (χ4n) is 1.78. The zero-order valence-corrected chi connectivity index (χ0v) is 8.72. The molecule has 1 aromatic rings. The summed E-state index contributed by atoms with van der Waals surface area (Å²) in [4.78, 5) is 11.6. The molecule has 14 heavy (non-hydrogen) atoms. The summed E-state index contributed by atoms with van der Waals surface area (Å²) in [6.07, 6.45) is -0.0370. The van der Waals surface area contributed by atoms with E-state index in [-0.39, 0.29) is 12.2 Å². The van der Waals surface area contributed by atoms with Crippen molar-refractivity contribution >= 4 is 5.78 Å². The fraction of sp³-hybridized carbons (Fsp3) is 0.333. The smallest absolute Gasteiger partial charge is 0.177 e. The maximum atomic E-state index is 11.6. The summed E-state index contributed by atoms with van der Waals surface area (Å²) in [6, 6.07) is 5.83. The van der Waals surface area contributed by atoms with E-state index in [0.717, 1.165) is 16.7 Å². The summed E-state index contributed by atoms with van der Waals surface area (Å²) in [5.41, 5.74) is 3.77. The highest BCUT2D eigenvalue weighted by Gasteiger charge is 2.11. The molecule has 1 rings (SSSR count). The van der Waals surface area contributed by atoms with Crippen LogP contribution in [-0.2, 0) is 0 Å². The summed E-state index contributed by atoms with van der Waals surface area (Å²) < 4.78 is 0. The molecule has 0 atom stereocenters. The van der Waals surface area contributed by atoms with Gasteiger partial charge in [0, 0.05) is 5.56 Å². The van der Waals surface area contributed by atoms with Gasteiger partial charge in [0.1, 0.15) is 0 Å². The van der Waals surface area contributed by atoms with Gasteiger partial charge in [-0.25, -0.2) is 0 Å². The molecule has 0 spiro atoms. The molecule has 0 saturated heterocycles. The Labute approximate surface area is 84.2 Å². The van der Waals surface area contributed by atoms with Crippen LogP contribution < -0.4 is 0 Å². The molecule has 72 valence electrons. The molecule has 0 amide bonds. The van der Waals surface area contributed by atoms with Crippen LogP contribution in [0.3, 0.4) is 0 Å². The lowest BCUT2D eigenvalue weighted by Crippen LogP contribution is -2.04. The van der Waals surface area contributed by atoms with Crippen LogP contribution in [0.1, 0.15) is 33.5 Å². The Morgan fingerprint density at radius 1 is 1.29 bits per heavy atom.